The highest BCUT2D eigenvalue weighted by Crippen LogP contribution is 2.43. The second-order valence-corrected chi connectivity index (χ2v) is 6.74. The van der Waals surface area contributed by atoms with Gasteiger partial charge in [0.1, 0.15) is 22.1 Å². The topological polar surface area (TPSA) is 139 Å². The largest absolute Gasteiger partial charge is 0.477 e. The summed E-state index contributed by atoms with van der Waals surface area (Å²) in [6.45, 7) is 1.34. The number of nitrogens with one attached hydrogen (secondary N) is 1. The number of hydrogen-bond donors (Lipinski definition) is 3. The van der Waals surface area contributed by atoms with E-state index >= 15 is 0 Å². The van der Waals surface area contributed by atoms with Crippen LogP contribution in [0.4, 0.5) is 5.13 Å². The lowest BCUT2D eigenvalue weighted by atomic mass is 10.0. The Hall–Kier alpha value is -1.98. The molecule has 0 aromatic carbocycles. The van der Waals surface area contributed by atoms with E-state index in [0.29, 0.717) is 16.3 Å². The zero-order valence-corrected chi connectivity index (χ0v) is 12.9. The number of anilines is 1. The molecule has 2 amide bonds. The number of aromatic nitrogens is 2. The fourth-order valence-electron chi connectivity index (χ4n) is 2.23. The first-order valence-electron chi connectivity index (χ1n) is 6.18. The Morgan fingerprint density at radius 1 is 1.45 bits per heavy atom. The number of rotatable bonds is 3. The number of carboxylic acid groups (broad SMARTS) is 1. The molecule has 9 nitrogen and oxygen atoms in total. The fourth-order valence-corrected chi connectivity index (χ4v) is 4.44. The third-order valence-corrected chi connectivity index (χ3v) is 5.38. The summed E-state index contributed by atoms with van der Waals surface area (Å²) >= 11 is 2.44. The molecule has 0 saturated carbocycles. The first kappa shape index (κ1) is 14.9. The molecule has 11 heteroatoms. The molecule has 2 aliphatic heterocycles. The van der Waals surface area contributed by atoms with Crippen LogP contribution >= 0.6 is 23.1 Å². The maximum absolute atomic E-state index is 11.8. The number of carbonyl (C=O) groups is 3. The number of nitrogens with zero attached hydrogens (tertiary/aromatic N) is 3. The maximum Gasteiger partial charge on any atom is 0.353 e. The van der Waals surface area contributed by atoms with Crippen molar-refractivity contribution < 1.29 is 19.5 Å². The Morgan fingerprint density at radius 3 is 2.82 bits per heavy atom. The molecule has 2 atom stereocenters. The summed E-state index contributed by atoms with van der Waals surface area (Å²) in [7, 11) is 0. The molecule has 0 spiro atoms. The van der Waals surface area contributed by atoms with Crippen LogP contribution in [0.2, 0.25) is 0 Å². The van der Waals surface area contributed by atoms with Crippen molar-refractivity contribution in [2.45, 2.75) is 18.3 Å². The van der Waals surface area contributed by atoms with Gasteiger partial charge >= 0.3 is 5.97 Å². The van der Waals surface area contributed by atoms with Crippen LogP contribution in [0.15, 0.2) is 5.70 Å². The van der Waals surface area contributed by atoms with Crippen LogP contribution < -0.4 is 11.1 Å². The van der Waals surface area contributed by atoms with Crippen molar-refractivity contribution >= 4 is 51.6 Å². The molecule has 4 N–H and O–H groups in total. The maximum atomic E-state index is 11.8. The normalized spacial score (nSPS) is 23.9. The summed E-state index contributed by atoms with van der Waals surface area (Å²) in [5.41, 5.74) is 5.98. The number of aliphatic carboxylic acids is 1. The van der Waals surface area contributed by atoms with E-state index in [2.05, 4.69) is 15.5 Å². The lowest BCUT2D eigenvalue weighted by molar-refractivity contribution is -0.147. The molecule has 3 rings (SSSR count). The predicted octanol–water partition coefficient (Wildman–Crippen LogP) is -0.465. The Balaban J connectivity index is 1.99. The van der Waals surface area contributed by atoms with E-state index in [1.54, 1.807) is 0 Å². The molecular formula is C11H11N5O4S2. The van der Waals surface area contributed by atoms with Crippen molar-refractivity contribution in [3.05, 3.63) is 10.7 Å². The summed E-state index contributed by atoms with van der Waals surface area (Å²) in [5, 5.41) is 19.9. The van der Waals surface area contributed by atoms with Crippen LogP contribution in [0.3, 0.4) is 0 Å². The fraction of sp³-hybridized carbons (Fsp3) is 0.364. The minimum Gasteiger partial charge on any atom is -0.477 e. The summed E-state index contributed by atoms with van der Waals surface area (Å²) < 4.78 is 0. The summed E-state index contributed by atoms with van der Waals surface area (Å²) in [6.07, 6.45) is 0. The van der Waals surface area contributed by atoms with Crippen LogP contribution in [-0.2, 0) is 14.4 Å². The highest BCUT2D eigenvalue weighted by Gasteiger charge is 2.52. The van der Waals surface area contributed by atoms with Crippen LogP contribution in [-0.4, -0.2) is 55.2 Å². The second-order valence-electron chi connectivity index (χ2n) is 4.66. The van der Waals surface area contributed by atoms with E-state index in [-0.39, 0.29) is 22.1 Å². The molecule has 1 fully saturated rings. The monoisotopic (exact) mass is 341 g/mol. The van der Waals surface area contributed by atoms with Crippen LogP contribution in [0, 0.1) is 0 Å². The molecule has 3 heterocycles. The Bertz CT molecular complexity index is 715. The van der Waals surface area contributed by atoms with Gasteiger partial charge in [-0.2, -0.15) is 0 Å². The first-order valence-corrected chi connectivity index (χ1v) is 8.05. The minimum absolute atomic E-state index is 0.110. The number of carboxylic acids is 1. The van der Waals surface area contributed by atoms with E-state index < -0.39 is 17.9 Å². The van der Waals surface area contributed by atoms with Gasteiger partial charge < -0.3 is 16.2 Å². The van der Waals surface area contributed by atoms with Crippen molar-refractivity contribution in [2.75, 3.05) is 11.1 Å². The summed E-state index contributed by atoms with van der Waals surface area (Å²) in [4.78, 5) is 35.6. The van der Waals surface area contributed by atoms with E-state index in [0.717, 1.165) is 11.3 Å². The van der Waals surface area contributed by atoms with Crippen molar-refractivity contribution in [2.24, 2.45) is 5.73 Å². The van der Waals surface area contributed by atoms with Gasteiger partial charge in [0.15, 0.2) is 0 Å². The zero-order valence-electron chi connectivity index (χ0n) is 11.3. The Labute approximate surface area is 132 Å². The molecule has 2 aliphatic rings. The van der Waals surface area contributed by atoms with Crippen LogP contribution in [0.1, 0.15) is 11.9 Å². The molecular weight excluding hydrogens is 330 g/mol. The number of amides is 2. The van der Waals surface area contributed by atoms with Crippen molar-refractivity contribution in [3.63, 3.8) is 0 Å². The standard InChI is InChI=1S/C11H11N5O4S2/c1-3(17)13-11-15-14-7(22-11)4-2-21-9-5(12)8(18)16(9)6(4)10(19)20/h5,9H,2,12H2,1H3,(H,19,20)(H,13,15,17)/t5?,9-/m0/s1. The predicted molar refractivity (Wildman–Crippen MR) is 79.8 cm³/mol. The van der Waals surface area contributed by atoms with Crippen LogP contribution in [0.5, 0.6) is 0 Å². The van der Waals surface area contributed by atoms with Gasteiger partial charge in [0.25, 0.3) is 0 Å². The molecule has 0 aliphatic carbocycles. The van der Waals surface area contributed by atoms with Crippen LogP contribution in [0.25, 0.3) is 5.57 Å². The second kappa shape index (κ2) is 5.34. The molecule has 0 bridgehead atoms. The molecule has 0 radical (unpaired) electrons. The average Bonchev–Trinajstić information content (AvgIpc) is 2.92. The van der Waals surface area contributed by atoms with Gasteiger partial charge in [0.2, 0.25) is 16.9 Å². The van der Waals surface area contributed by atoms with Gasteiger partial charge in [0.05, 0.1) is 0 Å². The zero-order chi connectivity index (χ0) is 16.0. The Morgan fingerprint density at radius 2 is 2.18 bits per heavy atom. The summed E-state index contributed by atoms with van der Waals surface area (Å²) in [5.74, 6) is -1.56. The molecule has 1 aromatic heterocycles. The Kier molecular flexibility index (Phi) is 3.62. The number of carbonyl (C=O) groups excluding carboxylic acids is 2. The number of β-lactam (4-membered cyclic amide) rings is 1. The van der Waals surface area contributed by atoms with E-state index in [4.69, 9.17) is 5.73 Å². The first-order chi connectivity index (χ1) is 10.4. The summed E-state index contributed by atoms with van der Waals surface area (Å²) in [6, 6.07) is -0.676. The van der Waals surface area contributed by atoms with E-state index in [9.17, 15) is 19.5 Å². The highest BCUT2D eigenvalue weighted by molar-refractivity contribution is 8.00. The van der Waals surface area contributed by atoms with Gasteiger partial charge in [-0.25, -0.2) is 4.79 Å². The smallest absolute Gasteiger partial charge is 0.353 e. The van der Waals surface area contributed by atoms with Crippen molar-refractivity contribution in [3.8, 4) is 0 Å². The quantitative estimate of drug-likeness (QED) is 0.627. The molecule has 1 aromatic rings. The van der Waals surface area contributed by atoms with Crippen molar-refractivity contribution in [1.82, 2.24) is 15.1 Å². The van der Waals surface area contributed by atoms with Gasteiger partial charge in [-0.3, -0.25) is 14.5 Å². The van der Waals surface area contributed by atoms with Gasteiger partial charge in [0, 0.05) is 18.2 Å². The third-order valence-electron chi connectivity index (χ3n) is 3.18. The van der Waals surface area contributed by atoms with Gasteiger partial charge in [-0.1, -0.05) is 11.3 Å². The van der Waals surface area contributed by atoms with Crippen molar-refractivity contribution in [1.29, 1.82) is 0 Å². The third kappa shape index (κ3) is 2.26. The number of hydrogen-bond acceptors (Lipinski definition) is 8. The number of fused-ring (bicyclic) bond motifs is 1. The number of thioether (sulfide) groups is 1. The number of nitrogens with two attached hydrogens (primary N) is 1. The SMILES string of the molecule is CC(=O)Nc1nnc(C2=C(C(=O)O)N3C(=O)C(N)[C@@H]3SC2)s1. The lowest BCUT2D eigenvalue weighted by Crippen LogP contribution is -2.68. The van der Waals surface area contributed by atoms with E-state index in [1.165, 1.54) is 23.6 Å². The van der Waals surface area contributed by atoms with Gasteiger partial charge in [-0.15, -0.1) is 22.0 Å². The molecule has 22 heavy (non-hydrogen) atoms. The highest BCUT2D eigenvalue weighted by atomic mass is 32.2. The molecule has 1 saturated heterocycles. The molecule has 1 unspecified atom stereocenters. The van der Waals surface area contributed by atoms with E-state index in [1.807, 2.05) is 0 Å². The minimum atomic E-state index is -1.21. The average molecular weight is 341 g/mol. The lowest BCUT2D eigenvalue weighted by Gasteiger charge is -2.47. The molecule has 116 valence electrons. The van der Waals surface area contributed by atoms with Gasteiger partial charge in [-0.05, 0) is 0 Å².